The molecular formula is C15H12FNO. The minimum atomic E-state index is -0.246. The molecule has 90 valence electrons. The summed E-state index contributed by atoms with van der Waals surface area (Å²) in [5.74, 6) is 0.383. The van der Waals surface area contributed by atoms with E-state index in [-0.39, 0.29) is 11.9 Å². The molecular weight excluding hydrogens is 229 g/mol. The van der Waals surface area contributed by atoms with Crippen LogP contribution in [0.5, 0.6) is 0 Å². The average Bonchev–Trinajstić information content (AvgIpc) is 2.89. The van der Waals surface area contributed by atoms with E-state index in [2.05, 4.69) is 4.99 Å². The van der Waals surface area contributed by atoms with E-state index >= 15 is 0 Å². The van der Waals surface area contributed by atoms with Crippen LogP contribution in [0.15, 0.2) is 59.6 Å². The van der Waals surface area contributed by atoms with Crippen LogP contribution < -0.4 is 0 Å². The van der Waals surface area contributed by atoms with Crippen molar-refractivity contribution in [1.82, 2.24) is 0 Å². The minimum absolute atomic E-state index is 0.184. The maximum absolute atomic E-state index is 13.1. The molecule has 0 saturated carbocycles. The lowest BCUT2D eigenvalue weighted by Crippen LogP contribution is -2.06. The molecule has 3 rings (SSSR count). The summed E-state index contributed by atoms with van der Waals surface area (Å²) in [6.45, 7) is 0.535. The molecule has 2 aromatic rings. The topological polar surface area (TPSA) is 21.6 Å². The van der Waals surface area contributed by atoms with Crippen LogP contribution in [0.2, 0.25) is 0 Å². The van der Waals surface area contributed by atoms with Crippen LogP contribution in [0.1, 0.15) is 17.2 Å². The number of ether oxygens (including phenoxy) is 1. The number of aliphatic imine (C=N–C) groups is 1. The Morgan fingerprint density at radius 1 is 1.06 bits per heavy atom. The van der Waals surface area contributed by atoms with E-state index in [1.165, 1.54) is 12.1 Å². The molecule has 18 heavy (non-hydrogen) atoms. The van der Waals surface area contributed by atoms with Crippen molar-refractivity contribution in [3.05, 3.63) is 71.5 Å². The van der Waals surface area contributed by atoms with Crippen molar-refractivity contribution in [2.24, 2.45) is 4.99 Å². The van der Waals surface area contributed by atoms with Gasteiger partial charge >= 0.3 is 0 Å². The molecule has 0 fully saturated rings. The largest absolute Gasteiger partial charge is 0.467 e. The maximum atomic E-state index is 13.1. The lowest BCUT2D eigenvalue weighted by molar-refractivity contribution is 0.230. The second-order valence-corrected chi connectivity index (χ2v) is 4.17. The molecule has 1 heterocycles. The highest BCUT2D eigenvalue weighted by atomic mass is 19.1. The van der Waals surface area contributed by atoms with E-state index in [0.29, 0.717) is 12.4 Å². The van der Waals surface area contributed by atoms with Crippen molar-refractivity contribution in [2.45, 2.75) is 6.10 Å². The Balaban J connectivity index is 1.79. The summed E-state index contributed by atoms with van der Waals surface area (Å²) in [6, 6.07) is 16.2. The van der Waals surface area contributed by atoms with E-state index in [1.54, 1.807) is 6.07 Å². The lowest BCUT2D eigenvalue weighted by Gasteiger charge is -2.11. The summed E-state index contributed by atoms with van der Waals surface area (Å²) in [5.41, 5.74) is 1.78. The summed E-state index contributed by atoms with van der Waals surface area (Å²) in [4.78, 5) is 4.37. The van der Waals surface area contributed by atoms with E-state index in [4.69, 9.17) is 4.74 Å². The number of halogens is 1. The SMILES string of the molecule is Fc1cccc(C2CN=C(c3ccccc3)O2)c1. The zero-order valence-electron chi connectivity index (χ0n) is 9.71. The zero-order valence-corrected chi connectivity index (χ0v) is 9.71. The first-order valence-electron chi connectivity index (χ1n) is 5.85. The van der Waals surface area contributed by atoms with Gasteiger partial charge in [-0.3, -0.25) is 0 Å². The first kappa shape index (κ1) is 11.0. The number of hydrogen-bond acceptors (Lipinski definition) is 2. The van der Waals surface area contributed by atoms with Crippen LogP contribution in [0.25, 0.3) is 0 Å². The van der Waals surface area contributed by atoms with Gasteiger partial charge in [0.25, 0.3) is 0 Å². The van der Waals surface area contributed by atoms with Gasteiger partial charge in [-0.1, -0.05) is 30.3 Å². The van der Waals surface area contributed by atoms with Crippen LogP contribution in [0.4, 0.5) is 4.39 Å². The van der Waals surface area contributed by atoms with Crippen molar-refractivity contribution in [3.8, 4) is 0 Å². The molecule has 0 spiro atoms. The Hall–Kier alpha value is -2.16. The molecule has 0 bridgehead atoms. The Kier molecular flexibility index (Phi) is 2.81. The van der Waals surface area contributed by atoms with E-state index in [0.717, 1.165) is 11.1 Å². The predicted molar refractivity (Wildman–Crippen MR) is 68.1 cm³/mol. The maximum Gasteiger partial charge on any atom is 0.216 e. The molecule has 0 aliphatic carbocycles. The summed E-state index contributed by atoms with van der Waals surface area (Å²) < 4.78 is 18.9. The third-order valence-electron chi connectivity index (χ3n) is 2.90. The highest BCUT2D eigenvalue weighted by Crippen LogP contribution is 2.25. The van der Waals surface area contributed by atoms with Crippen molar-refractivity contribution in [2.75, 3.05) is 6.54 Å². The lowest BCUT2D eigenvalue weighted by atomic mass is 10.1. The number of nitrogens with zero attached hydrogens (tertiary/aromatic N) is 1. The van der Waals surface area contributed by atoms with Crippen molar-refractivity contribution in [1.29, 1.82) is 0 Å². The quantitative estimate of drug-likeness (QED) is 0.790. The van der Waals surface area contributed by atoms with Gasteiger partial charge in [-0.05, 0) is 29.8 Å². The highest BCUT2D eigenvalue weighted by Gasteiger charge is 2.22. The van der Waals surface area contributed by atoms with Crippen LogP contribution >= 0.6 is 0 Å². The molecule has 0 saturated heterocycles. The molecule has 0 aromatic heterocycles. The van der Waals surface area contributed by atoms with Gasteiger partial charge in [0.05, 0.1) is 6.54 Å². The van der Waals surface area contributed by atoms with Gasteiger partial charge in [-0.25, -0.2) is 9.38 Å². The third-order valence-corrected chi connectivity index (χ3v) is 2.90. The molecule has 0 N–H and O–H groups in total. The summed E-state index contributed by atoms with van der Waals surface area (Å²) in [5, 5.41) is 0. The minimum Gasteiger partial charge on any atom is -0.467 e. The van der Waals surface area contributed by atoms with E-state index in [1.807, 2.05) is 36.4 Å². The Labute approximate surface area is 105 Å². The molecule has 1 atom stereocenters. The predicted octanol–water partition coefficient (Wildman–Crippen LogP) is 3.34. The van der Waals surface area contributed by atoms with Gasteiger partial charge in [-0.2, -0.15) is 0 Å². The molecule has 3 heteroatoms. The molecule has 1 unspecified atom stereocenters. The molecule has 0 radical (unpaired) electrons. The van der Waals surface area contributed by atoms with Gasteiger partial charge in [-0.15, -0.1) is 0 Å². The summed E-state index contributed by atoms with van der Waals surface area (Å²) in [6.07, 6.45) is -0.184. The number of hydrogen-bond donors (Lipinski definition) is 0. The molecule has 0 amide bonds. The monoisotopic (exact) mass is 241 g/mol. The fraction of sp³-hybridized carbons (Fsp3) is 0.133. The fourth-order valence-electron chi connectivity index (χ4n) is 2.00. The molecule has 1 aliphatic rings. The van der Waals surface area contributed by atoms with Gasteiger partial charge in [0, 0.05) is 5.56 Å². The van der Waals surface area contributed by atoms with Gasteiger partial charge in [0.1, 0.15) is 11.9 Å². The number of benzene rings is 2. The molecule has 2 nitrogen and oxygen atoms in total. The van der Waals surface area contributed by atoms with Crippen LogP contribution in [0.3, 0.4) is 0 Å². The van der Waals surface area contributed by atoms with Gasteiger partial charge in [0.15, 0.2) is 0 Å². The Morgan fingerprint density at radius 3 is 2.67 bits per heavy atom. The van der Waals surface area contributed by atoms with Crippen molar-refractivity contribution in [3.63, 3.8) is 0 Å². The fourth-order valence-corrected chi connectivity index (χ4v) is 2.00. The van der Waals surface area contributed by atoms with Crippen molar-refractivity contribution < 1.29 is 9.13 Å². The zero-order chi connectivity index (χ0) is 12.4. The van der Waals surface area contributed by atoms with Crippen LogP contribution in [-0.2, 0) is 4.74 Å². The van der Waals surface area contributed by atoms with Crippen LogP contribution in [0, 0.1) is 5.82 Å². The first-order valence-corrected chi connectivity index (χ1v) is 5.85. The van der Waals surface area contributed by atoms with E-state index in [9.17, 15) is 4.39 Å². The molecule has 1 aliphatic heterocycles. The third kappa shape index (κ3) is 2.12. The molecule has 2 aromatic carbocycles. The smallest absolute Gasteiger partial charge is 0.216 e. The number of rotatable bonds is 2. The average molecular weight is 241 g/mol. The van der Waals surface area contributed by atoms with Gasteiger partial charge in [0.2, 0.25) is 5.90 Å². The standard InChI is InChI=1S/C15H12FNO/c16-13-8-4-7-12(9-13)14-10-17-15(18-14)11-5-2-1-3-6-11/h1-9,14H,10H2. The Bertz CT molecular complexity index is 580. The highest BCUT2D eigenvalue weighted by molar-refractivity contribution is 5.95. The van der Waals surface area contributed by atoms with Crippen LogP contribution in [-0.4, -0.2) is 12.4 Å². The van der Waals surface area contributed by atoms with Gasteiger partial charge < -0.3 is 4.74 Å². The second-order valence-electron chi connectivity index (χ2n) is 4.17. The normalized spacial score (nSPS) is 18.3. The van der Waals surface area contributed by atoms with Crippen molar-refractivity contribution >= 4 is 5.90 Å². The summed E-state index contributed by atoms with van der Waals surface area (Å²) >= 11 is 0. The Morgan fingerprint density at radius 2 is 1.89 bits per heavy atom. The first-order chi connectivity index (χ1) is 8.83. The second kappa shape index (κ2) is 4.61. The summed E-state index contributed by atoms with van der Waals surface area (Å²) in [7, 11) is 0. The van der Waals surface area contributed by atoms with E-state index < -0.39 is 0 Å².